The molecule has 0 amide bonds. The second-order valence-corrected chi connectivity index (χ2v) is 5.58. The van der Waals surface area contributed by atoms with Crippen molar-refractivity contribution >= 4 is 33.0 Å². The Morgan fingerprint density at radius 2 is 2.18 bits per heavy atom. The van der Waals surface area contributed by atoms with Crippen molar-refractivity contribution in [2.24, 2.45) is 0 Å². The molecule has 0 spiro atoms. The molecule has 0 saturated carbocycles. The van der Waals surface area contributed by atoms with Gasteiger partial charge in [-0.05, 0) is 58.1 Å². The van der Waals surface area contributed by atoms with Crippen LogP contribution in [-0.4, -0.2) is 7.11 Å². The van der Waals surface area contributed by atoms with Crippen LogP contribution in [0, 0.1) is 6.92 Å². The van der Waals surface area contributed by atoms with Crippen LogP contribution in [-0.2, 0) is 6.54 Å². The first-order chi connectivity index (χ1) is 8.20. The third-order valence-corrected chi connectivity index (χ3v) is 4.49. The van der Waals surface area contributed by atoms with Crippen molar-refractivity contribution in [3.63, 3.8) is 0 Å². The van der Waals surface area contributed by atoms with Gasteiger partial charge in [0.1, 0.15) is 5.75 Å². The van der Waals surface area contributed by atoms with Gasteiger partial charge in [0, 0.05) is 15.0 Å². The zero-order valence-corrected chi connectivity index (χ0v) is 12.2. The van der Waals surface area contributed by atoms with E-state index in [1.807, 2.05) is 12.1 Å². The smallest absolute Gasteiger partial charge is 0.119 e. The van der Waals surface area contributed by atoms with Crippen molar-refractivity contribution in [1.29, 1.82) is 0 Å². The molecular formula is C13H14BrNOS. The monoisotopic (exact) mass is 311 g/mol. The molecule has 1 heterocycles. The fourth-order valence-electron chi connectivity index (χ4n) is 1.59. The molecule has 0 unspecified atom stereocenters. The Bertz CT molecular complexity index is 510. The highest BCUT2D eigenvalue weighted by Gasteiger charge is 2.03. The average molecular weight is 312 g/mol. The predicted molar refractivity (Wildman–Crippen MR) is 77.1 cm³/mol. The van der Waals surface area contributed by atoms with E-state index in [-0.39, 0.29) is 0 Å². The maximum Gasteiger partial charge on any atom is 0.119 e. The maximum absolute atomic E-state index is 5.19. The number of anilines is 1. The minimum Gasteiger partial charge on any atom is -0.497 e. The highest BCUT2D eigenvalue weighted by Crippen LogP contribution is 2.25. The van der Waals surface area contributed by atoms with Gasteiger partial charge in [-0.1, -0.05) is 0 Å². The molecule has 4 heteroatoms. The molecule has 17 heavy (non-hydrogen) atoms. The van der Waals surface area contributed by atoms with E-state index in [2.05, 4.69) is 45.7 Å². The molecule has 2 aromatic rings. The molecule has 90 valence electrons. The normalized spacial score (nSPS) is 10.3. The summed E-state index contributed by atoms with van der Waals surface area (Å²) >= 11 is 5.28. The van der Waals surface area contributed by atoms with Crippen LogP contribution in [0.2, 0.25) is 0 Å². The van der Waals surface area contributed by atoms with Crippen LogP contribution >= 0.6 is 27.3 Å². The summed E-state index contributed by atoms with van der Waals surface area (Å²) in [7, 11) is 1.69. The van der Waals surface area contributed by atoms with Crippen LogP contribution in [0.1, 0.15) is 10.4 Å². The molecule has 2 nitrogen and oxygen atoms in total. The lowest BCUT2D eigenvalue weighted by Crippen LogP contribution is -2.00. The number of ether oxygens (including phenoxy) is 1. The van der Waals surface area contributed by atoms with Crippen molar-refractivity contribution in [3.05, 3.63) is 44.6 Å². The molecule has 0 saturated heterocycles. The van der Waals surface area contributed by atoms with Gasteiger partial charge < -0.3 is 10.1 Å². The first-order valence-electron chi connectivity index (χ1n) is 5.31. The summed E-state index contributed by atoms with van der Waals surface area (Å²) in [6.45, 7) is 2.92. The summed E-state index contributed by atoms with van der Waals surface area (Å²) in [5.74, 6) is 0.894. The van der Waals surface area contributed by atoms with Crippen LogP contribution in [0.25, 0.3) is 0 Å². The van der Waals surface area contributed by atoms with Crippen LogP contribution in [0.5, 0.6) is 5.75 Å². The van der Waals surface area contributed by atoms with Gasteiger partial charge >= 0.3 is 0 Å². The van der Waals surface area contributed by atoms with Crippen molar-refractivity contribution < 1.29 is 4.74 Å². The third-order valence-electron chi connectivity index (χ3n) is 2.56. The van der Waals surface area contributed by atoms with Crippen LogP contribution in [0.15, 0.2) is 34.1 Å². The Kier molecular flexibility index (Phi) is 4.07. The average Bonchev–Trinajstić information content (AvgIpc) is 2.73. The van der Waals surface area contributed by atoms with Crippen molar-refractivity contribution in [2.75, 3.05) is 12.4 Å². The lowest BCUT2D eigenvalue weighted by atomic mass is 10.2. The van der Waals surface area contributed by atoms with E-state index in [4.69, 9.17) is 4.74 Å². The summed E-state index contributed by atoms with van der Waals surface area (Å²) in [5.41, 5.74) is 2.34. The molecule has 0 aliphatic heterocycles. The quantitative estimate of drug-likeness (QED) is 0.901. The molecule has 0 aliphatic carbocycles. The minimum absolute atomic E-state index is 0.839. The van der Waals surface area contributed by atoms with E-state index in [9.17, 15) is 0 Å². The van der Waals surface area contributed by atoms with E-state index in [1.165, 1.54) is 14.9 Å². The fourth-order valence-corrected chi connectivity index (χ4v) is 3.02. The SMILES string of the molecule is COc1ccc(NCc2sccc2Br)c(C)c1. The lowest BCUT2D eigenvalue weighted by Gasteiger charge is -2.10. The Morgan fingerprint density at radius 3 is 2.76 bits per heavy atom. The molecule has 0 aliphatic rings. The summed E-state index contributed by atoms with van der Waals surface area (Å²) < 4.78 is 6.35. The van der Waals surface area contributed by atoms with E-state index in [0.29, 0.717) is 0 Å². The van der Waals surface area contributed by atoms with Gasteiger partial charge in [-0.3, -0.25) is 0 Å². The van der Waals surface area contributed by atoms with E-state index < -0.39 is 0 Å². The second kappa shape index (κ2) is 5.56. The van der Waals surface area contributed by atoms with Gasteiger partial charge in [-0.2, -0.15) is 0 Å². The minimum atomic E-state index is 0.839. The summed E-state index contributed by atoms with van der Waals surface area (Å²) in [6, 6.07) is 8.13. The molecule has 0 radical (unpaired) electrons. The summed E-state index contributed by atoms with van der Waals surface area (Å²) in [6.07, 6.45) is 0. The number of aryl methyl sites for hydroxylation is 1. The van der Waals surface area contributed by atoms with Gasteiger partial charge in [0.2, 0.25) is 0 Å². The highest BCUT2D eigenvalue weighted by atomic mass is 79.9. The Hall–Kier alpha value is -1.00. The molecule has 1 aromatic carbocycles. The number of hydrogen-bond donors (Lipinski definition) is 1. The van der Waals surface area contributed by atoms with Crippen LogP contribution in [0.4, 0.5) is 5.69 Å². The number of benzene rings is 1. The predicted octanol–water partition coefficient (Wildman–Crippen LogP) is 4.44. The van der Waals surface area contributed by atoms with Gasteiger partial charge in [0.15, 0.2) is 0 Å². The standard InChI is InChI=1S/C13H14BrNOS/c1-9-7-10(16-2)3-4-12(9)15-8-13-11(14)5-6-17-13/h3-7,15H,8H2,1-2H3. The van der Waals surface area contributed by atoms with Gasteiger partial charge in [-0.15, -0.1) is 11.3 Å². The van der Waals surface area contributed by atoms with E-state index in [1.54, 1.807) is 18.4 Å². The van der Waals surface area contributed by atoms with Crippen molar-refractivity contribution in [3.8, 4) is 5.75 Å². The molecule has 1 N–H and O–H groups in total. The number of rotatable bonds is 4. The van der Waals surface area contributed by atoms with Crippen LogP contribution in [0.3, 0.4) is 0 Å². The topological polar surface area (TPSA) is 21.3 Å². The number of hydrogen-bond acceptors (Lipinski definition) is 3. The zero-order chi connectivity index (χ0) is 12.3. The Balaban J connectivity index is 2.07. The summed E-state index contributed by atoms with van der Waals surface area (Å²) in [4.78, 5) is 1.31. The molecular weight excluding hydrogens is 298 g/mol. The van der Waals surface area contributed by atoms with E-state index in [0.717, 1.165) is 18.0 Å². The van der Waals surface area contributed by atoms with Gasteiger partial charge in [0.05, 0.1) is 13.7 Å². The largest absolute Gasteiger partial charge is 0.497 e. The first-order valence-corrected chi connectivity index (χ1v) is 6.98. The van der Waals surface area contributed by atoms with Crippen LogP contribution < -0.4 is 10.1 Å². The fraction of sp³-hybridized carbons (Fsp3) is 0.231. The highest BCUT2D eigenvalue weighted by molar-refractivity contribution is 9.10. The maximum atomic E-state index is 5.19. The number of nitrogens with one attached hydrogen (secondary N) is 1. The Morgan fingerprint density at radius 1 is 1.35 bits per heavy atom. The summed E-state index contributed by atoms with van der Waals surface area (Å²) in [5, 5.41) is 5.52. The van der Waals surface area contributed by atoms with Crippen molar-refractivity contribution in [1.82, 2.24) is 0 Å². The molecule has 1 aromatic heterocycles. The third kappa shape index (κ3) is 3.01. The lowest BCUT2D eigenvalue weighted by molar-refractivity contribution is 0.414. The number of halogens is 1. The van der Waals surface area contributed by atoms with Gasteiger partial charge in [-0.25, -0.2) is 0 Å². The number of methoxy groups -OCH3 is 1. The van der Waals surface area contributed by atoms with Crippen molar-refractivity contribution in [2.45, 2.75) is 13.5 Å². The second-order valence-electron chi connectivity index (χ2n) is 3.73. The first kappa shape index (κ1) is 12.5. The molecule has 0 bridgehead atoms. The Labute approximate surface area is 114 Å². The van der Waals surface area contributed by atoms with E-state index >= 15 is 0 Å². The molecule has 0 atom stereocenters. The zero-order valence-electron chi connectivity index (χ0n) is 9.79. The molecule has 2 rings (SSSR count). The number of thiophene rings is 1. The van der Waals surface area contributed by atoms with Gasteiger partial charge in [0.25, 0.3) is 0 Å². The molecule has 0 fully saturated rings.